The second-order valence-corrected chi connectivity index (χ2v) is 4.66. The predicted octanol–water partition coefficient (Wildman–Crippen LogP) is 3.54. The zero-order chi connectivity index (χ0) is 10.3. The van der Waals surface area contributed by atoms with Crippen LogP contribution in [0.15, 0.2) is 11.6 Å². The first-order valence-corrected chi connectivity index (χ1v) is 5.46. The van der Waals surface area contributed by atoms with Gasteiger partial charge in [-0.05, 0) is 19.3 Å². The van der Waals surface area contributed by atoms with Crippen LogP contribution in [-0.4, -0.2) is 12.6 Å². The Hall–Kier alpha value is -0.0100. The zero-order valence-electron chi connectivity index (χ0n) is 9.07. The highest BCUT2D eigenvalue weighted by Crippen LogP contribution is 2.08. The van der Waals surface area contributed by atoms with Crippen LogP contribution in [0.1, 0.15) is 40.0 Å². The van der Waals surface area contributed by atoms with Gasteiger partial charge in [-0.25, -0.2) is 0 Å². The average molecular weight is 204 g/mol. The Morgan fingerprint density at radius 2 is 1.92 bits per heavy atom. The first kappa shape index (κ1) is 13.0. The van der Waals surface area contributed by atoms with Crippen LogP contribution in [0.4, 0.5) is 0 Å². The maximum atomic E-state index is 5.65. The minimum absolute atomic E-state index is 0.550. The maximum Gasteiger partial charge on any atom is 0.0309 e. The second-order valence-electron chi connectivity index (χ2n) is 4.12. The van der Waals surface area contributed by atoms with Gasteiger partial charge in [-0.3, -0.25) is 0 Å². The van der Waals surface area contributed by atoms with Crippen LogP contribution in [0.2, 0.25) is 0 Å². The Morgan fingerprint density at radius 3 is 2.38 bits per heavy atom. The van der Waals surface area contributed by atoms with Crippen molar-refractivity contribution in [3.8, 4) is 0 Å². The summed E-state index contributed by atoms with van der Waals surface area (Å²) in [5, 5.41) is 4.01. The fourth-order valence-corrected chi connectivity index (χ4v) is 1.30. The largest absolute Gasteiger partial charge is 0.309 e. The van der Waals surface area contributed by atoms with E-state index in [2.05, 4.69) is 32.7 Å². The van der Waals surface area contributed by atoms with Gasteiger partial charge in [-0.1, -0.05) is 44.9 Å². The van der Waals surface area contributed by atoms with Gasteiger partial charge in [0.1, 0.15) is 0 Å². The fourth-order valence-electron chi connectivity index (χ4n) is 1.22. The third-order valence-electron chi connectivity index (χ3n) is 2.06. The third kappa shape index (κ3) is 9.91. The second kappa shape index (κ2) is 7.40. The molecule has 0 amide bonds. The Kier molecular flexibility index (Phi) is 7.39. The molecule has 0 aliphatic carbocycles. The Morgan fingerprint density at radius 1 is 1.31 bits per heavy atom. The summed E-state index contributed by atoms with van der Waals surface area (Å²) >= 11 is 5.65. The van der Waals surface area contributed by atoms with Gasteiger partial charge in [0.25, 0.3) is 0 Å². The zero-order valence-corrected chi connectivity index (χ0v) is 9.82. The lowest BCUT2D eigenvalue weighted by Gasteiger charge is -2.13. The lowest BCUT2D eigenvalue weighted by atomic mass is 10.0. The van der Waals surface area contributed by atoms with E-state index in [1.165, 1.54) is 19.3 Å². The molecular weight excluding hydrogens is 182 g/mol. The van der Waals surface area contributed by atoms with E-state index in [-0.39, 0.29) is 0 Å². The molecule has 0 aromatic carbocycles. The minimum Gasteiger partial charge on any atom is -0.309 e. The van der Waals surface area contributed by atoms with Crippen LogP contribution >= 0.6 is 11.6 Å². The summed E-state index contributed by atoms with van der Waals surface area (Å²) < 4.78 is 0. The van der Waals surface area contributed by atoms with E-state index < -0.39 is 0 Å². The molecule has 0 bridgehead atoms. The molecule has 1 N–H and O–H groups in total. The van der Waals surface area contributed by atoms with Crippen LogP contribution in [0, 0.1) is 5.92 Å². The number of hydrogen-bond acceptors (Lipinski definition) is 1. The maximum absolute atomic E-state index is 5.65. The summed E-state index contributed by atoms with van der Waals surface area (Å²) in [4.78, 5) is 0. The molecule has 0 radical (unpaired) electrons. The van der Waals surface area contributed by atoms with Crippen molar-refractivity contribution >= 4 is 11.6 Å². The summed E-state index contributed by atoms with van der Waals surface area (Å²) in [5.74, 6) is 0.815. The summed E-state index contributed by atoms with van der Waals surface area (Å²) in [6, 6.07) is 0.550. The van der Waals surface area contributed by atoms with E-state index in [1.54, 1.807) is 0 Å². The molecule has 13 heavy (non-hydrogen) atoms. The van der Waals surface area contributed by atoms with Crippen molar-refractivity contribution < 1.29 is 0 Å². The molecular formula is C11H22ClN. The number of hydrogen-bond donors (Lipinski definition) is 1. The fraction of sp³-hybridized carbons (Fsp3) is 0.818. The first-order valence-electron chi connectivity index (χ1n) is 5.09. The third-order valence-corrected chi connectivity index (χ3v) is 2.19. The van der Waals surface area contributed by atoms with Crippen LogP contribution in [0.5, 0.6) is 0 Å². The molecule has 0 aromatic rings. The molecule has 0 saturated carbocycles. The molecule has 0 saturated heterocycles. The van der Waals surface area contributed by atoms with Gasteiger partial charge < -0.3 is 5.32 Å². The molecule has 1 unspecified atom stereocenters. The molecule has 0 aliphatic rings. The van der Waals surface area contributed by atoms with Crippen LogP contribution in [0.3, 0.4) is 0 Å². The van der Waals surface area contributed by atoms with E-state index in [4.69, 9.17) is 11.6 Å². The smallest absolute Gasteiger partial charge is 0.0309 e. The molecule has 0 rings (SSSR count). The van der Waals surface area contributed by atoms with Crippen molar-refractivity contribution in [3.05, 3.63) is 11.6 Å². The lowest BCUT2D eigenvalue weighted by molar-refractivity contribution is 0.470. The van der Waals surface area contributed by atoms with Crippen LogP contribution in [-0.2, 0) is 0 Å². The topological polar surface area (TPSA) is 12.0 Å². The van der Waals surface area contributed by atoms with Gasteiger partial charge in [0, 0.05) is 17.6 Å². The van der Waals surface area contributed by atoms with Gasteiger partial charge in [0.15, 0.2) is 0 Å². The predicted molar refractivity (Wildman–Crippen MR) is 61.1 cm³/mol. The number of nitrogens with one attached hydrogen (secondary N) is 1. The average Bonchev–Trinajstić information content (AvgIpc) is 2.00. The van der Waals surface area contributed by atoms with E-state index in [9.17, 15) is 0 Å². The van der Waals surface area contributed by atoms with Gasteiger partial charge >= 0.3 is 0 Å². The molecule has 0 spiro atoms. The molecule has 78 valence electrons. The van der Waals surface area contributed by atoms with Gasteiger partial charge in [-0.15, -0.1) is 0 Å². The van der Waals surface area contributed by atoms with E-state index in [1.807, 2.05) is 0 Å². The summed E-state index contributed by atoms with van der Waals surface area (Å²) in [7, 11) is 0. The quantitative estimate of drug-likeness (QED) is 0.668. The highest BCUT2D eigenvalue weighted by molar-refractivity contribution is 6.29. The summed E-state index contributed by atoms with van der Waals surface area (Å²) in [5.41, 5.74) is 0. The van der Waals surface area contributed by atoms with Crippen molar-refractivity contribution in [2.45, 2.75) is 46.1 Å². The van der Waals surface area contributed by atoms with Gasteiger partial charge in [0.2, 0.25) is 0 Å². The van der Waals surface area contributed by atoms with Crippen molar-refractivity contribution in [2.75, 3.05) is 6.54 Å². The normalized spacial score (nSPS) is 13.3. The standard InChI is InChI=1S/C11H22ClN/c1-9(2)6-5-7-11(4)13-8-10(3)12/h9,11,13H,3,5-8H2,1-2,4H3. The van der Waals surface area contributed by atoms with Crippen LogP contribution < -0.4 is 5.32 Å². The van der Waals surface area contributed by atoms with Crippen LogP contribution in [0.25, 0.3) is 0 Å². The monoisotopic (exact) mass is 203 g/mol. The SMILES string of the molecule is C=C(Cl)CNC(C)CCCC(C)C. The Bertz CT molecular complexity index is 143. The van der Waals surface area contributed by atoms with Gasteiger partial charge in [0.05, 0.1) is 0 Å². The van der Waals surface area contributed by atoms with Gasteiger partial charge in [-0.2, -0.15) is 0 Å². The highest BCUT2D eigenvalue weighted by Gasteiger charge is 2.01. The van der Waals surface area contributed by atoms with Crippen molar-refractivity contribution in [3.63, 3.8) is 0 Å². The van der Waals surface area contributed by atoms with Crippen molar-refractivity contribution in [1.29, 1.82) is 0 Å². The lowest BCUT2D eigenvalue weighted by Crippen LogP contribution is -2.26. The minimum atomic E-state index is 0.550. The molecule has 0 aliphatic heterocycles. The number of rotatable bonds is 7. The van der Waals surface area contributed by atoms with E-state index >= 15 is 0 Å². The first-order chi connectivity index (χ1) is 6.02. The summed E-state index contributed by atoms with van der Waals surface area (Å²) in [6.45, 7) is 11.1. The number of halogens is 1. The molecule has 0 aromatic heterocycles. The highest BCUT2D eigenvalue weighted by atomic mass is 35.5. The molecule has 0 heterocycles. The molecule has 2 heteroatoms. The van der Waals surface area contributed by atoms with E-state index in [0.29, 0.717) is 11.1 Å². The van der Waals surface area contributed by atoms with Crippen molar-refractivity contribution in [2.24, 2.45) is 5.92 Å². The molecule has 0 fully saturated rings. The van der Waals surface area contributed by atoms with Crippen molar-refractivity contribution in [1.82, 2.24) is 5.32 Å². The Labute approximate surface area is 87.6 Å². The van der Waals surface area contributed by atoms with E-state index in [0.717, 1.165) is 12.5 Å². The summed E-state index contributed by atoms with van der Waals surface area (Å²) in [6.07, 6.45) is 3.83. The molecule has 1 atom stereocenters. The molecule has 1 nitrogen and oxygen atoms in total. The Balaban J connectivity index is 3.30.